The van der Waals surface area contributed by atoms with Crippen molar-refractivity contribution in [3.05, 3.63) is 29.8 Å². The smallest absolute Gasteiger partial charge is 0.262 e. The van der Waals surface area contributed by atoms with Crippen LogP contribution in [0, 0.1) is 11.8 Å². The van der Waals surface area contributed by atoms with E-state index in [1.165, 1.54) is 18.2 Å². The highest BCUT2D eigenvalue weighted by molar-refractivity contribution is 8.15. The molecule has 8 heteroatoms. The van der Waals surface area contributed by atoms with Gasteiger partial charge < -0.3 is 15.1 Å². The van der Waals surface area contributed by atoms with Crippen LogP contribution in [-0.4, -0.2) is 64.1 Å². The zero-order valence-electron chi connectivity index (χ0n) is 18.9. The summed E-state index contributed by atoms with van der Waals surface area (Å²) in [6.45, 7) is 7.73. The van der Waals surface area contributed by atoms with Crippen molar-refractivity contribution in [3.8, 4) is 0 Å². The number of amidine groups is 1. The molecule has 7 nitrogen and oxygen atoms in total. The predicted molar refractivity (Wildman–Crippen MR) is 128 cm³/mol. The number of likely N-dealkylation sites (tertiary alicyclic amines) is 2. The van der Waals surface area contributed by atoms with Crippen LogP contribution in [0.3, 0.4) is 0 Å². The molecule has 0 aliphatic carbocycles. The average Bonchev–Trinajstić information content (AvgIpc) is 3.13. The molecule has 1 aromatic carbocycles. The summed E-state index contributed by atoms with van der Waals surface area (Å²) < 4.78 is 0. The molecule has 0 spiro atoms. The van der Waals surface area contributed by atoms with E-state index < -0.39 is 5.25 Å². The van der Waals surface area contributed by atoms with Gasteiger partial charge in [-0.2, -0.15) is 4.99 Å². The number of nitrogens with zero attached hydrogens (tertiary/aromatic N) is 3. The molecular weight excluding hydrogens is 424 g/mol. The maximum Gasteiger partial charge on any atom is 0.262 e. The van der Waals surface area contributed by atoms with Gasteiger partial charge in [0.25, 0.3) is 11.8 Å². The van der Waals surface area contributed by atoms with Crippen LogP contribution in [0.4, 0.5) is 5.69 Å². The SMILES string of the molecule is CC1CC(C)CN(C(=O)c2cccc(NC(=O)CC3SC(N4CCCCC4)=NC3=O)c2)C1. The Bertz CT molecular complexity index is 902. The molecule has 3 amide bonds. The van der Waals surface area contributed by atoms with Gasteiger partial charge in [-0.3, -0.25) is 14.4 Å². The number of thioether (sulfide) groups is 1. The second-order valence-electron chi connectivity index (χ2n) is 9.38. The number of nitrogens with one attached hydrogen (secondary N) is 1. The Morgan fingerprint density at radius 3 is 2.56 bits per heavy atom. The van der Waals surface area contributed by atoms with Crippen molar-refractivity contribution in [2.75, 3.05) is 31.5 Å². The van der Waals surface area contributed by atoms with Crippen LogP contribution >= 0.6 is 11.8 Å². The molecule has 0 aromatic heterocycles. The van der Waals surface area contributed by atoms with Gasteiger partial charge in [0.05, 0.1) is 0 Å². The van der Waals surface area contributed by atoms with E-state index in [1.807, 2.05) is 4.90 Å². The lowest BCUT2D eigenvalue weighted by atomic mass is 9.91. The first kappa shape index (κ1) is 22.8. The monoisotopic (exact) mass is 456 g/mol. The van der Waals surface area contributed by atoms with Crippen molar-refractivity contribution >= 4 is 40.3 Å². The largest absolute Gasteiger partial charge is 0.351 e. The van der Waals surface area contributed by atoms with E-state index in [4.69, 9.17) is 0 Å². The fourth-order valence-electron chi connectivity index (χ4n) is 4.85. The van der Waals surface area contributed by atoms with Crippen molar-refractivity contribution in [3.63, 3.8) is 0 Å². The van der Waals surface area contributed by atoms with Crippen molar-refractivity contribution < 1.29 is 14.4 Å². The molecule has 3 aliphatic heterocycles. The molecule has 0 bridgehead atoms. The van der Waals surface area contributed by atoms with E-state index in [1.54, 1.807) is 24.3 Å². The predicted octanol–water partition coefficient (Wildman–Crippen LogP) is 3.62. The second kappa shape index (κ2) is 10.1. The fourth-order valence-corrected chi connectivity index (χ4v) is 5.97. The Kier molecular flexibility index (Phi) is 7.18. The summed E-state index contributed by atoms with van der Waals surface area (Å²) in [5.74, 6) is 0.507. The molecule has 0 saturated carbocycles. The molecule has 172 valence electrons. The Balaban J connectivity index is 1.33. The van der Waals surface area contributed by atoms with E-state index in [9.17, 15) is 14.4 Å². The minimum atomic E-state index is -0.479. The van der Waals surface area contributed by atoms with E-state index in [0.29, 0.717) is 23.1 Å². The van der Waals surface area contributed by atoms with Gasteiger partial charge in [0.1, 0.15) is 5.25 Å². The highest BCUT2D eigenvalue weighted by atomic mass is 32.2. The number of amides is 3. The summed E-state index contributed by atoms with van der Waals surface area (Å²) >= 11 is 1.40. The highest BCUT2D eigenvalue weighted by Crippen LogP contribution is 2.29. The van der Waals surface area contributed by atoms with Gasteiger partial charge in [0.2, 0.25) is 5.91 Å². The Morgan fingerprint density at radius 1 is 1.12 bits per heavy atom. The molecule has 3 unspecified atom stereocenters. The number of piperidine rings is 2. The molecule has 1 aromatic rings. The first-order valence-corrected chi connectivity index (χ1v) is 12.5. The molecule has 1 N–H and O–H groups in total. The number of anilines is 1. The fraction of sp³-hybridized carbons (Fsp3) is 0.583. The number of carbonyl (C=O) groups excluding carboxylic acids is 3. The summed E-state index contributed by atoms with van der Waals surface area (Å²) in [5.41, 5.74) is 1.15. The van der Waals surface area contributed by atoms with Crippen LogP contribution in [0.1, 0.15) is 56.3 Å². The average molecular weight is 457 g/mol. The molecule has 3 heterocycles. The Hall–Kier alpha value is -2.35. The van der Waals surface area contributed by atoms with Crippen LogP contribution in [0.25, 0.3) is 0 Å². The third kappa shape index (κ3) is 5.52. The zero-order valence-corrected chi connectivity index (χ0v) is 19.7. The van der Waals surface area contributed by atoms with Crippen LogP contribution in [0.2, 0.25) is 0 Å². The third-order valence-corrected chi connectivity index (χ3v) is 7.49. The highest BCUT2D eigenvalue weighted by Gasteiger charge is 2.33. The third-order valence-electron chi connectivity index (χ3n) is 6.28. The van der Waals surface area contributed by atoms with Gasteiger partial charge in [0, 0.05) is 43.9 Å². The number of benzene rings is 1. The molecular formula is C24H32N4O3S. The van der Waals surface area contributed by atoms with Gasteiger partial charge in [-0.05, 0) is 55.7 Å². The van der Waals surface area contributed by atoms with Crippen LogP contribution < -0.4 is 5.32 Å². The maximum absolute atomic E-state index is 13.0. The normalized spacial score (nSPS) is 26.1. The van der Waals surface area contributed by atoms with Crippen molar-refractivity contribution in [2.24, 2.45) is 16.8 Å². The first-order chi connectivity index (χ1) is 15.4. The minimum Gasteiger partial charge on any atom is -0.351 e. The minimum absolute atomic E-state index is 0.000554. The van der Waals surface area contributed by atoms with E-state index in [0.717, 1.165) is 50.6 Å². The Morgan fingerprint density at radius 2 is 1.84 bits per heavy atom. The number of aliphatic imine (C=N–C) groups is 1. The second-order valence-corrected chi connectivity index (χ2v) is 10.5. The van der Waals surface area contributed by atoms with Crippen LogP contribution in [-0.2, 0) is 9.59 Å². The lowest BCUT2D eigenvalue weighted by Gasteiger charge is -2.35. The lowest BCUT2D eigenvalue weighted by Crippen LogP contribution is -2.42. The number of hydrogen-bond acceptors (Lipinski definition) is 5. The Labute approximate surface area is 194 Å². The van der Waals surface area contributed by atoms with E-state index in [2.05, 4.69) is 29.1 Å². The quantitative estimate of drug-likeness (QED) is 0.748. The van der Waals surface area contributed by atoms with Crippen LogP contribution in [0.5, 0.6) is 0 Å². The van der Waals surface area contributed by atoms with Gasteiger partial charge in [-0.15, -0.1) is 0 Å². The van der Waals surface area contributed by atoms with Gasteiger partial charge >= 0.3 is 0 Å². The molecule has 4 rings (SSSR count). The van der Waals surface area contributed by atoms with Crippen molar-refractivity contribution in [2.45, 2.75) is 51.2 Å². The summed E-state index contributed by atoms with van der Waals surface area (Å²) in [4.78, 5) is 46.2. The zero-order chi connectivity index (χ0) is 22.7. The molecule has 2 fully saturated rings. The number of carbonyl (C=O) groups is 3. The first-order valence-electron chi connectivity index (χ1n) is 11.6. The summed E-state index contributed by atoms with van der Waals surface area (Å²) in [5, 5.41) is 3.14. The summed E-state index contributed by atoms with van der Waals surface area (Å²) in [6.07, 6.45) is 4.66. The summed E-state index contributed by atoms with van der Waals surface area (Å²) in [7, 11) is 0. The maximum atomic E-state index is 13.0. The van der Waals surface area contributed by atoms with E-state index >= 15 is 0 Å². The van der Waals surface area contributed by atoms with Crippen molar-refractivity contribution in [1.82, 2.24) is 9.80 Å². The lowest BCUT2D eigenvalue weighted by molar-refractivity contribution is -0.121. The molecule has 3 atom stereocenters. The molecule has 3 aliphatic rings. The standard InChI is InChI=1S/C24H32N4O3S/c1-16-11-17(2)15-28(14-16)23(31)18-7-6-8-19(12-18)25-21(29)13-20-22(30)26-24(32-20)27-9-4-3-5-10-27/h6-8,12,16-17,20H,3-5,9-11,13-15H2,1-2H3,(H,25,29). The number of hydrogen-bond donors (Lipinski definition) is 1. The number of rotatable bonds is 4. The van der Waals surface area contributed by atoms with Gasteiger partial charge in [-0.1, -0.05) is 31.7 Å². The van der Waals surface area contributed by atoms with Crippen LogP contribution in [0.15, 0.2) is 29.3 Å². The molecule has 32 heavy (non-hydrogen) atoms. The topological polar surface area (TPSA) is 82.1 Å². The van der Waals surface area contributed by atoms with Gasteiger partial charge in [0.15, 0.2) is 5.17 Å². The molecule has 2 saturated heterocycles. The van der Waals surface area contributed by atoms with Gasteiger partial charge in [-0.25, -0.2) is 0 Å². The van der Waals surface area contributed by atoms with E-state index in [-0.39, 0.29) is 24.1 Å². The summed E-state index contributed by atoms with van der Waals surface area (Å²) in [6, 6.07) is 7.07. The molecule has 0 radical (unpaired) electrons. The van der Waals surface area contributed by atoms with Crippen molar-refractivity contribution in [1.29, 1.82) is 0 Å².